The van der Waals surface area contributed by atoms with E-state index in [1.807, 2.05) is 6.92 Å². The highest BCUT2D eigenvalue weighted by atomic mass is 16.3. The van der Waals surface area contributed by atoms with Gasteiger partial charge in [-0.2, -0.15) is 0 Å². The number of amides is 1. The van der Waals surface area contributed by atoms with Crippen LogP contribution in [0.2, 0.25) is 0 Å². The third-order valence-electron chi connectivity index (χ3n) is 2.08. The molecule has 4 heteroatoms. The van der Waals surface area contributed by atoms with Gasteiger partial charge in [0.2, 0.25) is 0 Å². The van der Waals surface area contributed by atoms with Crippen LogP contribution in [0.1, 0.15) is 36.6 Å². The predicted molar refractivity (Wildman–Crippen MR) is 56.7 cm³/mol. The van der Waals surface area contributed by atoms with E-state index >= 15 is 0 Å². The van der Waals surface area contributed by atoms with E-state index in [2.05, 4.69) is 5.32 Å². The molecule has 1 aromatic heterocycles. The van der Waals surface area contributed by atoms with Crippen molar-refractivity contribution in [2.75, 3.05) is 6.54 Å². The maximum atomic E-state index is 11.5. The van der Waals surface area contributed by atoms with Crippen LogP contribution < -0.4 is 5.32 Å². The fourth-order valence-electron chi connectivity index (χ4n) is 1.17. The molecule has 0 spiro atoms. The van der Waals surface area contributed by atoms with Crippen molar-refractivity contribution < 1.29 is 14.3 Å². The second-order valence-corrected chi connectivity index (χ2v) is 3.51. The summed E-state index contributed by atoms with van der Waals surface area (Å²) in [5.74, 6) is 0.906. The first-order chi connectivity index (χ1) is 7.13. The summed E-state index contributed by atoms with van der Waals surface area (Å²) in [5, 5.41) is 11.7. The van der Waals surface area contributed by atoms with E-state index in [9.17, 15) is 4.79 Å². The van der Waals surface area contributed by atoms with Crippen LogP contribution in [-0.2, 0) is 6.42 Å². The molecule has 1 atom stereocenters. The fourth-order valence-corrected chi connectivity index (χ4v) is 1.17. The van der Waals surface area contributed by atoms with Gasteiger partial charge < -0.3 is 14.8 Å². The number of aliphatic hydroxyl groups excluding tert-OH is 1. The molecular formula is C11H17NO3. The van der Waals surface area contributed by atoms with E-state index in [1.165, 1.54) is 0 Å². The third kappa shape index (κ3) is 3.75. The van der Waals surface area contributed by atoms with Gasteiger partial charge in [0.25, 0.3) is 5.91 Å². The molecule has 1 heterocycles. The molecule has 1 rings (SSSR count). The molecule has 0 aliphatic rings. The first-order valence-electron chi connectivity index (χ1n) is 5.18. The molecule has 0 bridgehead atoms. The lowest BCUT2D eigenvalue weighted by atomic mass is 10.3. The average molecular weight is 211 g/mol. The normalized spacial score (nSPS) is 12.5. The largest absolute Gasteiger partial charge is 0.456 e. The number of aryl methyl sites for hydroxylation is 1. The molecule has 0 saturated carbocycles. The van der Waals surface area contributed by atoms with Gasteiger partial charge in [-0.15, -0.1) is 0 Å². The number of carbonyl (C=O) groups is 1. The lowest BCUT2D eigenvalue weighted by Crippen LogP contribution is -2.26. The Hall–Kier alpha value is -1.29. The van der Waals surface area contributed by atoms with Crippen LogP contribution in [0.3, 0.4) is 0 Å². The third-order valence-corrected chi connectivity index (χ3v) is 2.08. The number of carbonyl (C=O) groups excluding carboxylic acids is 1. The van der Waals surface area contributed by atoms with Crippen LogP contribution in [0.25, 0.3) is 0 Å². The minimum absolute atomic E-state index is 0.227. The fraction of sp³-hybridized carbons (Fsp3) is 0.545. The van der Waals surface area contributed by atoms with Gasteiger partial charge in [-0.3, -0.25) is 4.79 Å². The summed E-state index contributed by atoms with van der Waals surface area (Å²) in [5.41, 5.74) is 0. The molecule has 0 fully saturated rings. The topological polar surface area (TPSA) is 62.5 Å². The van der Waals surface area contributed by atoms with Crippen molar-refractivity contribution in [2.45, 2.75) is 32.8 Å². The van der Waals surface area contributed by atoms with Crippen LogP contribution in [-0.4, -0.2) is 23.7 Å². The Balaban J connectivity index is 2.40. The van der Waals surface area contributed by atoms with Crippen molar-refractivity contribution in [3.8, 4) is 0 Å². The molecule has 2 N–H and O–H groups in total. The second-order valence-electron chi connectivity index (χ2n) is 3.51. The van der Waals surface area contributed by atoms with Crippen molar-refractivity contribution in [3.63, 3.8) is 0 Å². The second kappa shape index (κ2) is 5.56. The lowest BCUT2D eigenvalue weighted by molar-refractivity contribution is 0.0916. The number of nitrogens with one attached hydrogen (secondary N) is 1. The minimum Gasteiger partial charge on any atom is -0.456 e. The number of hydrogen-bond donors (Lipinski definition) is 2. The summed E-state index contributed by atoms with van der Waals surface area (Å²) in [7, 11) is 0. The Morgan fingerprint density at radius 2 is 2.33 bits per heavy atom. The van der Waals surface area contributed by atoms with E-state index in [0.29, 0.717) is 18.7 Å². The van der Waals surface area contributed by atoms with Gasteiger partial charge in [-0.25, -0.2) is 0 Å². The summed E-state index contributed by atoms with van der Waals surface area (Å²) in [6.45, 7) is 4.11. The van der Waals surface area contributed by atoms with Gasteiger partial charge in [0, 0.05) is 13.0 Å². The Kier molecular flexibility index (Phi) is 4.37. The Bertz CT molecular complexity index is 317. The predicted octanol–water partition coefficient (Wildman–Crippen LogP) is 1.34. The summed E-state index contributed by atoms with van der Waals surface area (Å²) < 4.78 is 5.28. The van der Waals surface area contributed by atoms with Crippen molar-refractivity contribution in [1.29, 1.82) is 0 Å². The first-order valence-corrected chi connectivity index (χ1v) is 5.18. The smallest absolute Gasteiger partial charge is 0.286 e. The molecule has 84 valence electrons. The van der Waals surface area contributed by atoms with Crippen molar-refractivity contribution in [3.05, 3.63) is 23.7 Å². The zero-order valence-corrected chi connectivity index (χ0v) is 9.12. The lowest BCUT2D eigenvalue weighted by Gasteiger charge is -2.04. The number of rotatable bonds is 5. The summed E-state index contributed by atoms with van der Waals surface area (Å²) in [4.78, 5) is 11.5. The summed E-state index contributed by atoms with van der Waals surface area (Å²) in [6.07, 6.45) is 0.932. The van der Waals surface area contributed by atoms with Gasteiger partial charge in [-0.05, 0) is 25.5 Å². The van der Waals surface area contributed by atoms with Crippen LogP contribution in [0.5, 0.6) is 0 Å². The van der Waals surface area contributed by atoms with Gasteiger partial charge in [0.05, 0.1) is 6.10 Å². The van der Waals surface area contributed by atoms with Crippen molar-refractivity contribution in [2.24, 2.45) is 0 Å². The molecule has 0 aliphatic carbocycles. The van der Waals surface area contributed by atoms with E-state index in [4.69, 9.17) is 9.52 Å². The zero-order chi connectivity index (χ0) is 11.3. The number of furan rings is 1. The maximum absolute atomic E-state index is 11.5. The monoisotopic (exact) mass is 211 g/mol. The molecule has 0 aromatic carbocycles. The van der Waals surface area contributed by atoms with Crippen LogP contribution in [0.4, 0.5) is 0 Å². The molecule has 1 unspecified atom stereocenters. The molecule has 0 aliphatic heterocycles. The minimum atomic E-state index is -0.395. The molecule has 0 radical (unpaired) electrons. The van der Waals surface area contributed by atoms with Crippen molar-refractivity contribution >= 4 is 5.91 Å². The highest BCUT2D eigenvalue weighted by Gasteiger charge is 2.09. The zero-order valence-electron chi connectivity index (χ0n) is 9.12. The van der Waals surface area contributed by atoms with E-state index < -0.39 is 6.10 Å². The Morgan fingerprint density at radius 3 is 2.87 bits per heavy atom. The number of hydrogen-bond acceptors (Lipinski definition) is 3. The average Bonchev–Trinajstić information content (AvgIpc) is 2.65. The SMILES string of the molecule is CCc1ccc(C(=O)NCCC(C)O)o1. The first kappa shape index (κ1) is 11.8. The van der Waals surface area contributed by atoms with Crippen molar-refractivity contribution in [1.82, 2.24) is 5.32 Å². The Morgan fingerprint density at radius 1 is 1.60 bits per heavy atom. The van der Waals surface area contributed by atoms with Gasteiger partial charge >= 0.3 is 0 Å². The highest BCUT2D eigenvalue weighted by Crippen LogP contribution is 2.07. The summed E-state index contributed by atoms with van der Waals surface area (Å²) in [6, 6.07) is 3.46. The van der Waals surface area contributed by atoms with Crippen LogP contribution in [0.15, 0.2) is 16.5 Å². The Labute approximate surface area is 89.3 Å². The maximum Gasteiger partial charge on any atom is 0.286 e. The molecule has 1 amide bonds. The summed E-state index contributed by atoms with van der Waals surface area (Å²) >= 11 is 0. The molecular weight excluding hydrogens is 194 g/mol. The van der Waals surface area contributed by atoms with Crippen LogP contribution >= 0.6 is 0 Å². The molecule has 15 heavy (non-hydrogen) atoms. The van der Waals surface area contributed by atoms with E-state index in [0.717, 1.165) is 12.2 Å². The standard InChI is InChI=1S/C11H17NO3/c1-3-9-4-5-10(15-9)11(14)12-7-6-8(2)13/h4-5,8,13H,3,6-7H2,1-2H3,(H,12,14). The molecule has 0 saturated heterocycles. The quantitative estimate of drug-likeness (QED) is 0.772. The van der Waals surface area contributed by atoms with Gasteiger partial charge in [-0.1, -0.05) is 6.92 Å². The van der Waals surface area contributed by atoms with Gasteiger partial charge in [0.15, 0.2) is 5.76 Å². The number of aliphatic hydroxyl groups is 1. The molecule has 4 nitrogen and oxygen atoms in total. The molecule has 1 aromatic rings. The van der Waals surface area contributed by atoms with E-state index in [1.54, 1.807) is 19.1 Å². The highest BCUT2D eigenvalue weighted by molar-refractivity contribution is 5.91. The van der Waals surface area contributed by atoms with Crippen LogP contribution in [0, 0.1) is 0 Å². The van der Waals surface area contributed by atoms with Gasteiger partial charge in [0.1, 0.15) is 5.76 Å². The van der Waals surface area contributed by atoms with E-state index in [-0.39, 0.29) is 5.91 Å².